The molecule has 0 atom stereocenters. The summed E-state index contributed by atoms with van der Waals surface area (Å²) in [5.41, 5.74) is 0.891. The van der Waals surface area contributed by atoms with Crippen molar-refractivity contribution < 1.29 is 4.79 Å². The molecule has 0 bridgehead atoms. The van der Waals surface area contributed by atoms with Crippen LogP contribution in [0, 0.1) is 0 Å². The second-order valence-electron chi connectivity index (χ2n) is 4.44. The Morgan fingerprint density at radius 2 is 1.95 bits per heavy atom. The molecule has 2 aromatic heterocycles. The van der Waals surface area contributed by atoms with Crippen LogP contribution < -0.4 is 11.0 Å². The van der Waals surface area contributed by atoms with Crippen molar-refractivity contribution in [3.8, 4) is 0 Å². The number of aromatic nitrogens is 3. The highest BCUT2D eigenvalue weighted by Gasteiger charge is 2.13. The Labute approximate surface area is 119 Å². The molecule has 1 aromatic carbocycles. The number of hydrogen-bond donors (Lipinski definition) is 2. The molecule has 0 saturated heterocycles. The number of H-pyrrole nitrogens is 1. The Kier molecular flexibility index (Phi) is 3.42. The number of rotatable bonds is 3. The number of nitrogens with zero attached hydrogens (tertiary/aromatic N) is 2. The predicted molar refractivity (Wildman–Crippen MR) is 77.8 cm³/mol. The molecule has 0 aliphatic rings. The molecule has 6 nitrogen and oxygen atoms in total. The summed E-state index contributed by atoms with van der Waals surface area (Å²) in [7, 11) is 0. The van der Waals surface area contributed by atoms with Gasteiger partial charge < -0.3 is 10.3 Å². The van der Waals surface area contributed by atoms with Gasteiger partial charge in [0.25, 0.3) is 5.91 Å². The van der Waals surface area contributed by atoms with Crippen LogP contribution >= 0.6 is 0 Å². The molecular formula is C15H12N4O2. The van der Waals surface area contributed by atoms with E-state index in [0.717, 1.165) is 5.69 Å². The van der Waals surface area contributed by atoms with Gasteiger partial charge in [0.05, 0.1) is 17.8 Å². The van der Waals surface area contributed by atoms with Gasteiger partial charge in [-0.15, -0.1) is 0 Å². The summed E-state index contributed by atoms with van der Waals surface area (Å²) in [5.74, 6) is -0.400. The van der Waals surface area contributed by atoms with Crippen molar-refractivity contribution in [3.63, 3.8) is 0 Å². The summed E-state index contributed by atoms with van der Waals surface area (Å²) < 4.78 is 0. The fraction of sp³-hybridized carbons (Fsp3) is 0.0667. The van der Waals surface area contributed by atoms with Crippen LogP contribution in [0.25, 0.3) is 10.9 Å². The molecule has 0 aliphatic carbocycles. The van der Waals surface area contributed by atoms with E-state index in [1.807, 2.05) is 12.1 Å². The number of hydrogen-bond acceptors (Lipinski definition) is 4. The number of fused-ring (bicyclic) bond motifs is 1. The van der Waals surface area contributed by atoms with Crippen LogP contribution in [-0.2, 0) is 6.54 Å². The maximum Gasteiger partial charge on any atom is 0.346 e. The van der Waals surface area contributed by atoms with Gasteiger partial charge in [0.2, 0.25) is 0 Å². The zero-order valence-electron chi connectivity index (χ0n) is 11.0. The van der Waals surface area contributed by atoms with Crippen LogP contribution in [0.5, 0.6) is 0 Å². The molecule has 3 aromatic rings. The van der Waals surface area contributed by atoms with Gasteiger partial charge in [-0.2, -0.15) is 4.98 Å². The Bertz CT molecular complexity index is 843. The smallest absolute Gasteiger partial charge is 0.345 e. The van der Waals surface area contributed by atoms with Gasteiger partial charge in [-0.3, -0.25) is 9.78 Å². The molecule has 2 heterocycles. The third kappa shape index (κ3) is 2.79. The minimum Gasteiger partial charge on any atom is -0.345 e. The van der Waals surface area contributed by atoms with E-state index in [-0.39, 0.29) is 12.2 Å². The van der Waals surface area contributed by atoms with Crippen molar-refractivity contribution in [1.29, 1.82) is 0 Å². The summed E-state index contributed by atoms with van der Waals surface area (Å²) in [5, 5.41) is 3.32. The van der Waals surface area contributed by atoms with Crippen LogP contribution in [0.4, 0.5) is 0 Å². The number of carbonyl (C=O) groups is 1. The Morgan fingerprint density at radius 3 is 2.76 bits per heavy atom. The minimum atomic E-state index is -0.545. The van der Waals surface area contributed by atoms with Crippen molar-refractivity contribution >= 4 is 16.8 Å². The van der Waals surface area contributed by atoms with Gasteiger partial charge in [0.1, 0.15) is 5.69 Å². The van der Waals surface area contributed by atoms with Crippen LogP contribution in [0.15, 0.2) is 53.5 Å². The normalized spacial score (nSPS) is 10.5. The summed E-state index contributed by atoms with van der Waals surface area (Å²) in [6, 6.07) is 12.5. The Hall–Kier alpha value is -3.02. The quantitative estimate of drug-likeness (QED) is 0.755. The van der Waals surface area contributed by atoms with Crippen molar-refractivity contribution in [2.24, 2.45) is 0 Å². The Morgan fingerprint density at radius 1 is 1.14 bits per heavy atom. The average molecular weight is 280 g/mol. The molecule has 0 fully saturated rings. The first kappa shape index (κ1) is 13.0. The maximum atomic E-state index is 12.2. The van der Waals surface area contributed by atoms with E-state index in [0.29, 0.717) is 10.9 Å². The predicted octanol–water partition coefficient (Wildman–Crippen LogP) is 1.25. The highest BCUT2D eigenvalue weighted by molar-refractivity contribution is 6.03. The number of carbonyl (C=O) groups excluding carboxylic acids is 1. The van der Waals surface area contributed by atoms with E-state index >= 15 is 0 Å². The highest BCUT2D eigenvalue weighted by Crippen LogP contribution is 2.12. The van der Waals surface area contributed by atoms with Gasteiger partial charge in [-0.1, -0.05) is 24.3 Å². The summed E-state index contributed by atoms with van der Waals surface area (Å²) in [6.45, 7) is 0.280. The van der Waals surface area contributed by atoms with Crippen molar-refractivity contribution in [2.45, 2.75) is 6.54 Å². The molecular weight excluding hydrogens is 268 g/mol. The van der Waals surface area contributed by atoms with Crippen molar-refractivity contribution in [2.75, 3.05) is 0 Å². The van der Waals surface area contributed by atoms with Crippen LogP contribution in [0.3, 0.4) is 0 Å². The fourth-order valence-corrected chi connectivity index (χ4v) is 2.03. The highest BCUT2D eigenvalue weighted by atomic mass is 16.2. The lowest BCUT2D eigenvalue weighted by molar-refractivity contribution is 0.0947. The topological polar surface area (TPSA) is 87.7 Å². The lowest BCUT2D eigenvalue weighted by Crippen LogP contribution is -2.27. The molecule has 0 spiro atoms. The monoisotopic (exact) mass is 280 g/mol. The zero-order chi connectivity index (χ0) is 14.7. The fourth-order valence-electron chi connectivity index (χ4n) is 2.03. The molecule has 1 amide bonds. The van der Waals surface area contributed by atoms with Gasteiger partial charge in [0.15, 0.2) is 0 Å². The van der Waals surface area contributed by atoms with Gasteiger partial charge in [-0.05, 0) is 18.2 Å². The largest absolute Gasteiger partial charge is 0.346 e. The SMILES string of the molecule is O=C(NCc1ccccn1)c1nc(=O)[nH]c2ccccc12. The number of aromatic amines is 1. The van der Waals surface area contributed by atoms with E-state index < -0.39 is 11.6 Å². The number of para-hydroxylation sites is 1. The Balaban J connectivity index is 1.89. The van der Waals surface area contributed by atoms with Gasteiger partial charge in [0, 0.05) is 11.6 Å². The number of benzene rings is 1. The number of amides is 1. The molecule has 0 unspecified atom stereocenters. The maximum absolute atomic E-state index is 12.2. The van der Waals surface area contributed by atoms with E-state index in [2.05, 4.69) is 20.3 Å². The summed E-state index contributed by atoms with van der Waals surface area (Å²) in [4.78, 5) is 34.2. The van der Waals surface area contributed by atoms with E-state index in [1.54, 1.807) is 36.5 Å². The second-order valence-corrected chi connectivity index (χ2v) is 4.44. The molecule has 21 heavy (non-hydrogen) atoms. The molecule has 0 radical (unpaired) electrons. The number of pyridine rings is 1. The van der Waals surface area contributed by atoms with Crippen molar-refractivity contribution in [3.05, 3.63) is 70.5 Å². The lowest BCUT2D eigenvalue weighted by Gasteiger charge is -2.06. The molecule has 2 N–H and O–H groups in total. The third-order valence-electron chi connectivity index (χ3n) is 3.01. The first-order valence-electron chi connectivity index (χ1n) is 6.41. The molecule has 6 heteroatoms. The van der Waals surface area contributed by atoms with E-state index in [9.17, 15) is 9.59 Å². The summed E-state index contributed by atoms with van der Waals surface area (Å²) in [6.07, 6.45) is 1.66. The van der Waals surface area contributed by atoms with E-state index in [4.69, 9.17) is 0 Å². The van der Waals surface area contributed by atoms with Gasteiger partial charge in [-0.25, -0.2) is 4.79 Å². The van der Waals surface area contributed by atoms with E-state index in [1.165, 1.54) is 0 Å². The summed E-state index contributed by atoms with van der Waals surface area (Å²) >= 11 is 0. The lowest BCUT2D eigenvalue weighted by atomic mass is 10.2. The first-order valence-corrected chi connectivity index (χ1v) is 6.41. The first-order chi connectivity index (χ1) is 10.2. The third-order valence-corrected chi connectivity index (χ3v) is 3.01. The molecule has 3 rings (SSSR count). The van der Waals surface area contributed by atoms with Crippen LogP contribution in [0.1, 0.15) is 16.2 Å². The molecule has 104 valence electrons. The van der Waals surface area contributed by atoms with Gasteiger partial charge >= 0.3 is 5.69 Å². The average Bonchev–Trinajstić information content (AvgIpc) is 2.52. The van der Waals surface area contributed by atoms with Crippen LogP contribution in [0.2, 0.25) is 0 Å². The van der Waals surface area contributed by atoms with Crippen molar-refractivity contribution in [1.82, 2.24) is 20.3 Å². The minimum absolute atomic E-state index is 0.116. The van der Waals surface area contributed by atoms with Crippen LogP contribution in [-0.4, -0.2) is 20.9 Å². The molecule has 0 aliphatic heterocycles. The number of nitrogens with one attached hydrogen (secondary N) is 2. The second kappa shape index (κ2) is 5.54. The molecule has 0 saturated carbocycles. The standard InChI is InChI=1S/C15H12N4O2/c20-14(17-9-10-5-3-4-8-16-10)13-11-6-1-2-7-12(11)18-15(21)19-13/h1-8H,9H2,(H,17,20)(H,18,19,21). The zero-order valence-corrected chi connectivity index (χ0v) is 11.0.